The third kappa shape index (κ3) is 32.6. The van der Waals surface area contributed by atoms with E-state index in [1.54, 1.807) is 0 Å². The van der Waals surface area contributed by atoms with E-state index in [2.05, 4.69) is 72.2 Å². The Balaban J connectivity index is 2.66. The van der Waals surface area contributed by atoms with Crippen LogP contribution in [0.5, 0.6) is 0 Å². The quantitative estimate of drug-likeness (QED) is 0.0125. The largest absolute Gasteiger partial charge is 0.472 e. The van der Waals surface area contributed by atoms with Gasteiger partial charge in [-0.1, -0.05) is 130 Å². The lowest BCUT2D eigenvalue weighted by atomic mass is 9.85. The van der Waals surface area contributed by atoms with Crippen molar-refractivity contribution in [3.8, 4) is 0 Å². The third-order valence-electron chi connectivity index (χ3n) is 10.2. The molecule has 0 radical (unpaired) electrons. The monoisotopic (exact) mass is 1000 g/mol. The minimum atomic E-state index is -5.38. The van der Waals surface area contributed by atoms with E-state index in [0.717, 1.165) is 77.0 Å². The van der Waals surface area contributed by atoms with Crippen molar-refractivity contribution < 1.29 is 82.0 Å². The number of carbonyl (C=O) groups excluding carboxylic acids is 2. The highest BCUT2D eigenvalue weighted by Crippen LogP contribution is 2.49. The highest BCUT2D eigenvalue weighted by atomic mass is 31.2. The van der Waals surface area contributed by atoms with Crippen LogP contribution in [0.2, 0.25) is 0 Å². The van der Waals surface area contributed by atoms with E-state index in [-0.39, 0.29) is 18.9 Å². The maximum atomic E-state index is 13.0. The summed E-state index contributed by atoms with van der Waals surface area (Å²) < 4.78 is 49.3. The molecule has 9 atom stereocenters. The van der Waals surface area contributed by atoms with Crippen LogP contribution >= 0.6 is 15.6 Å². The lowest BCUT2D eigenvalue weighted by molar-refractivity contribution is -0.216. The smallest absolute Gasteiger partial charge is 0.462 e. The van der Waals surface area contributed by atoms with Gasteiger partial charge in [0.1, 0.15) is 43.2 Å². The molecule has 0 spiro atoms. The summed E-state index contributed by atoms with van der Waals surface area (Å²) in [7, 11) is -10.7. The topological polar surface area (TPSA) is 276 Å². The van der Waals surface area contributed by atoms with E-state index in [1.807, 2.05) is 43.4 Å². The second kappa shape index (κ2) is 38.6. The van der Waals surface area contributed by atoms with Crippen molar-refractivity contribution in [3.05, 3.63) is 97.2 Å². The molecule has 19 heteroatoms. The van der Waals surface area contributed by atoms with Crippen molar-refractivity contribution in [2.75, 3.05) is 13.2 Å². The molecule has 0 aromatic heterocycles. The number of unbranched alkanes of at least 4 members (excludes halogenated alkanes) is 5. The van der Waals surface area contributed by atoms with Gasteiger partial charge in [-0.3, -0.25) is 23.2 Å². The van der Waals surface area contributed by atoms with Gasteiger partial charge in [-0.15, -0.1) is 0 Å². The summed E-state index contributed by atoms with van der Waals surface area (Å²) in [5.74, 6) is -1.33. The van der Waals surface area contributed by atoms with E-state index in [1.165, 1.54) is 0 Å². The first-order valence-corrected chi connectivity index (χ1v) is 26.9. The Morgan fingerprint density at radius 3 is 1.54 bits per heavy atom. The highest BCUT2D eigenvalue weighted by molar-refractivity contribution is 7.47. The first-order chi connectivity index (χ1) is 32.5. The van der Waals surface area contributed by atoms with Crippen LogP contribution < -0.4 is 0 Å². The number of ether oxygens (including phenoxy) is 2. The first-order valence-electron chi connectivity index (χ1n) is 23.9. The molecule has 0 heterocycles. The predicted octanol–water partition coefficient (Wildman–Crippen LogP) is 8.14. The average Bonchev–Trinajstić information content (AvgIpc) is 3.29. The van der Waals surface area contributed by atoms with Crippen molar-refractivity contribution in [1.29, 1.82) is 0 Å². The number of carbonyl (C=O) groups is 2. The Kier molecular flexibility index (Phi) is 35.7. The second-order valence-electron chi connectivity index (χ2n) is 16.3. The van der Waals surface area contributed by atoms with Crippen LogP contribution in [0.4, 0.5) is 0 Å². The average molecular weight is 1000 g/mol. The van der Waals surface area contributed by atoms with Gasteiger partial charge in [0.25, 0.3) is 0 Å². The lowest BCUT2D eigenvalue weighted by Gasteiger charge is -2.43. The van der Waals surface area contributed by atoms with Gasteiger partial charge in [0, 0.05) is 12.8 Å². The third-order valence-corrected chi connectivity index (χ3v) is 11.7. The van der Waals surface area contributed by atoms with Crippen LogP contribution in [0.25, 0.3) is 0 Å². The molecule has 1 saturated carbocycles. The molecule has 0 aromatic carbocycles. The molecule has 1 rings (SSSR count). The zero-order chi connectivity index (χ0) is 50.5. The molecule has 0 aliphatic heterocycles. The van der Waals surface area contributed by atoms with E-state index in [4.69, 9.17) is 18.5 Å². The molecule has 1 aliphatic rings. The molecular formula is C49H80O17P2. The fourth-order valence-corrected chi connectivity index (χ4v) is 8.09. The fraction of sp³-hybridized carbons (Fsp3) is 0.633. The summed E-state index contributed by atoms with van der Waals surface area (Å²) in [6.45, 7) is 2.72. The van der Waals surface area contributed by atoms with Gasteiger partial charge in [-0.25, -0.2) is 9.13 Å². The van der Waals surface area contributed by atoms with E-state index < -0.39 is 83.5 Å². The van der Waals surface area contributed by atoms with Gasteiger partial charge in [0.2, 0.25) is 0 Å². The van der Waals surface area contributed by atoms with Crippen molar-refractivity contribution in [2.24, 2.45) is 0 Å². The van der Waals surface area contributed by atoms with Gasteiger partial charge in [0.15, 0.2) is 6.10 Å². The summed E-state index contributed by atoms with van der Waals surface area (Å²) in [6, 6.07) is 0. The minimum Gasteiger partial charge on any atom is -0.462 e. The summed E-state index contributed by atoms with van der Waals surface area (Å²) in [5.41, 5.74) is 0. The van der Waals surface area contributed by atoms with Crippen LogP contribution in [0.1, 0.15) is 136 Å². The molecule has 17 nitrogen and oxygen atoms in total. The summed E-state index contributed by atoms with van der Waals surface area (Å²) in [6.07, 6.45) is 31.4. The summed E-state index contributed by atoms with van der Waals surface area (Å²) >= 11 is 0. The van der Waals surface area contributed by atoms with Gasteiger partial charge in [-0.2, -0.15) is 0 Å². The Morgan fingerprint density at radius 2 is 1.01 bits per heavy atom. The molecule has 1 fully saturated rings. The molecule has 0 saturated heterocycles. The predicted molar refractivity (Wildman–Crippen MR) is 261 cm³/mol. The first kappa shape index (κ1) is 62.9. The van der Waals surface area contributed by atoms with E-state index >= 15 is 0 Å². The summed E-state index contributed by atoms with van der Waals surface area (Å²) in [4.78, 5) is 54.3. The Hall–Kier alpha value is -3.12. The highest BCUT2D eigenvalue weighted by Gasteiger charge is 2.54. The molecule has 8 N–H and O–H groups in total. The molecule has 1 aliphatic carbocycles. The number of aliphatic hydroxyl groups is 5. The molecule has 388 valence electrons. The van der Waals surface area contributed by atoms with Crippen molar-refractivity contribution >= 4 is 27.6 Å². The van der Waals surface area contributed by atoms with Crippen LogP contribution in [-0.4, -0.2) is 114 Å². The second-order valence-corrected chi connectivity index (χ2v) is 18.9. The molecule has 0 bridgehead atoms. The number of phosphoric ester groups is 2. The van der Waals surface area contributed by atoms with Gasteiger partial charge >= 0.3 is 27.6 Å². The maximum absolute atomic E-state index is 13.0. The van der Waals surface area contributed by atoms with Crippen LogP contribution in [0, 0.1) is 0 Å². The van der Waals surface area contributed by atoms with Crippen LogP contribution in [-0.2, 0) is 41.8 Å². The molecule has 0 amide bonds. The SMILES string of the molecule is CC/C=C\C/C=C\C/C=C\C/C=C\CCCCCCC(=O)OC[C@H](COP(=O)(O)O[C@H]1C(O)C(O)C(O)[C@@H](OP(=O)(O)O)C1O)OC(=O)CCC/C=C\C/C=C\C/C=C\C/C=C\CC(O)CCC. The normalized spacial score (nSPS) is 22.6. The van der Waals surface area contributed by atoms with Gasteiger partial charge in [0.05, 0.1) is 12.7 Å². The zero-order valence-corrected chi connectivity index (χ0v) is 41.6. The van der Waals surface area contributed by atoms with Gasteiger partial charge in [-0.05, 0) is 89.9 Å². The molecule has 6 unspecified atom stereocenters. The van der Waals surface area contributed by atoms with Crippen molar-refractivity contribution in [1.82, 2.24) is 0 Å². The molecule has 0 aromatic rings. The van der Waals surface area contributed by atoms with E-state index in [9.17, 15) is 58.9 Å². The number of rotatable bonds is 38. The maximum Gasteiger partial charge on any atom is 0.472 e. The molecular weight excluding hydrogens is 922 g/mol. The zero-order valence-electron chi connectivity index (χ0n) is 39.9. The van der Waals surface area contributed by atoms with Crippen molar-refractivity contribution in [3.63, 3.8) is 0 Å². The lowest BCUT2D eigenvalue weighted by Crippen LogP contribution is -2.64. The number of hydrogen-bond acceptors (Lipinski definition) is 14. The van der Waals surface area contributed by atoms with Crippen LogP contribution in [0.15, 0.2) is 97.2 Å². The van der Waals surface area contributed by atoms with E-state index in [0.29, 0.717) is 32.1 Å². The fourth-order valence-electron chi connectivity index (χ4n) is 6.55. The van der Waals surface area contributed by atoms with Crippen molar-refractivity contribution in [2.45, 2.75) is 185 Å². The Morgan fingerprint density at radius 1 is 0.544 bits per heavy atom. The van der Waals surface area contributed by atoms with Gasteiger partial charge < -0.3 is 49.7 Å². The Bertz CT molecular complexity index is 1700. The Labute approximate surface area is 403 Å². The number of aliphatic hydroxyl groups excluding tert-OH is 5. The number of phosphoric acid groups is 2. The number of esters is 2. The standard InChI is InChI=1S/C49H80O17P2/c1-3-5-6-7-8-9-10-11-12-13-14-17-20-23-26-29-32-36-42(51)62-38-41(39-63-68(60,61)66-49-46(55)44(53)45(54)48(47(49)56)65-67(57,58)59)64-43(52)37-33-30-27-24-21-18-15-16-19-22-25-28-31-35-40(50)34-4-2/h5-6,8-9,11-12,14-15,17-19,22,24,27-28,31,40-41,44-50,53-56H,3-4,7,10,13,16,20-21,23,25-26,29-30,32-39H2,1-2H3,(H,60,61)(H2,57,58,59)/b6-5-,9-8-,12-11-,17-14-,18-15-,22-19-,27-24-,31-28-/t40?,41-,44?,45?,46?,47?,48-,49+/m1/s1. The summed E-state index contributed by atoms with van der Waals surface area (Å²) in [5, 5.41) is 51.0. The minimum absolute atomic E-state index is 0.0583. The number of allylic oxidation sites excluding steroid dienone is 15. The molecule has 68 heavy (non-hydrogen) atoms. The number of hydrogen-bond donors (Lipinski definition) is 8. The van der Waals surface area contributed by atoms with Crippen LogP contribution in [0.3, 0.4) is 0 Å².